The van der Waals surface area contributed by atoms with E-state index in [1.165, 1.54) is 10.6 Å². The van der Waals surface area contributed by atoms with E-state index in [1.54, 1.807) is 17.7 Å². The molecule has 0 saturated heterocycles. The van der Waals surface area contributed by atoms with Crippen LogP contribution >= 0.6 is 11.3 Å². The maximum atomic E-state index is 4.60. The minimum atomic E-state index is 0.146. The van der Waals surface area contributed by atoms with E-state index in [-0.39, 0.29) is 6.04 Å². The maximum Gasteiger partial charge on any atom is 0.194 e. The third-order valence-corrected chi connectivity index (χ3v) is 4.35. The standard InChI is InChI=1S/C13H18N6S/c1-8-6-19-11(9(2)16-13(19)20-8)5-14-10(3)12-17-15-7-18(12)4/h6-7,10,14H,5H2,1-4H3. The van der Waals surface area contributed by atoms with Crippen molar-refractivity contribution in [3.8, 4) is 0 Å². The SMILES string of the molecule is Cc1cn2c(CNC(C)c3nncn3C)c(C)nc2s1. The third-order valence-electron chi connectivity index (χ3n) is 3.45. The van der Waals surface area contributed by atoms with Crippen molar-refractivity contribution in [3.05, 3.63) is 34.6 Å². The highest BCUT2D eigenvalue weighted by Gasteiger charge is 2.14. The number of hydrogen-bond donors (Lipinski definition) is 1. The lowest BCUT2D eigenvalue weighted by atomic mass is 10.2. The van der Waals surface area contributed by atoms with Gasteiger partial charge in [0, 0.05) is 24.7 Å². The van der Waals surface area contributed by atoms with Crippen LogP contribution in [0.5, 0.6) is 0 Å². The Morgan fingerprint density at radius 2 is 2.20 bits per heavy atom. The first kappa shape index (κ1) is 13.3. The lowest BCUT2D eigenvalue weighted by Crippen LogP contribution is -2.22. The molecule has 3 aromatic rings. The summed E-state index contributed by atoms with van der Waals surface area (Å²) in [5.74, 6) is 0.935. The zero-order valence-corrected chi connectivity index (χ0v) is 12.9. The summed E-state index contributed by atoms with van der Waals surface area (Å²) in [6, 6.07) is 0.146. The Morgan fingerprint density at radius 3 is 2.90 bits per heavy atom. The minimum absolute atomic E-state index is 0.146. The summed E-state index contributed by atoms with van der Waals surface area (Å²) in [7, 11) is 1.96. The van der Waals surface area contributed by atoms with Crippen molar-refractivity contribution in [1.82, 2.24) is 29.5 Å². The molecular formula is C13H18N6S. The van der Waals surface area contributed by atoms with Gasteiger partial charge in [0.25, 0.3) is 0 Å². The van der Waals surface area contributed by atoms with E-state index in [2.05, 4.69) is 51.9 Å². The molecule has 106 valence electrons. The van der Waals surface area contributed by atoms with Gasteiger partial charge in [-0.05, 0) is 20.8 Å². The Balaban J connectivity index is 1.80. The van der Waals surface area contributed by atoms with Crippen LogP contribution in [0.15, 0.2) is 12.5 Å². The molecule has 0 aliphatic heterocycles. The molecule has 0 aliphatic rings. The highest BCUT2D eigenvalue weighted by atomic mass is 32.1. The molecule has 0 spiro atoms. The topological polar surface area (TPSA) is 60.0 Å². The highest BCUT2D eigenvalue weighted by molar-refractivity contribution is 7.17. The second-order valence-corrected chi connectivity index (χ2v) is 6.25. The minimum Gasteiger partial charge on any atom is -0.319 e. The van der Waals surface area contributed by atoms with Gasteiger partial charge in [-0.2, -0.15) is 0 Å². The summed E-state index contributed by atoms with van der Waals surface area (Å²) in [6.07, 6.45) is 3.86. The number of nitrogens with zero attached hydrogens (tertiary/aromatic N) is 5. The number of hydrogen-bond acceptors (Lipinski definition) is 5. The molecule has 0 aliphatic carbocycles. The van der Waals surface area contributed by atoms with Crippen LogP contribution in [0.1, 0.15) is 35.1 Å². The van der Waals surface area contributed by atoms with Crippen LogP contribution in [0.3, 0.4) is 0 Å². The van der Waals surface area contributed by atoms with Crippen molar-refractivity contribution in [2.45, 2.75) is 33.4 Å². The summed E-state index contributed by atoms with van der Waals surface area (Å²) in [5.41, 5.74) is 2.28. The van der Waals surface area contributed by atoms with E-state index < -0.39 is 0 Å². The average Bonchev–Trinajstić information content (AvgIpc) is 3.02. The van der Waals surface area contributed by atoms with Gasteiger partial charge in [-0.25, -0.2) is 4.98 Å². The fourth-order valence-electron chi connectivity index (χ4n) is 2.35. The van der Waals surface area contributed by atoms with Gasteiger partial charge >= 0.3 is 0 Å². The van der Waals surface area contributed by atoms with Gasteiger partial charge in [0.1, 0.15) is 12.2 Å². The largest absolute Gasteiger partial charge is 0.319 e. The number of thiazole rings is 1. The summed E-state index contributed by atoms with van der Waals surface area (Å²) >= 11 is 1.72. The van der Waals surface area contributed by atoms with E-state index in [9.17, 15) is 0 Å². The van der Waals surface area contributed by atoms with Gasteiger partial charge in [-0.3, -0.25) is 4.40 Å². The first-order valence-electron chi connectivity index (χ1n) is 6.57. The Kier molecular flexibility index (Phi) is 3.31. The quantitative estimate of drug-likeness (QED) is 0.798. The van der Waals surface area contributed by atoms with Gasteiger partial charge in [-0.15, -0.1) is 21.5 Å². The zero-order valence-electron chi connectivity index (χ0n) is 12.1. The van der Waals surface area contributed by atoms with Crippen molar-refractivity contribution < 1.29 is 0 Å². The first-order chi connectivity index (χ1) is 9.56. The fourth-order valence-corrected chi connectivity index (χ4v) is 3.24. The molecule has 0 saturated carbocycles. The normalized spacial score (nSPS) is 13.2. The van der Waals surface area contributed by atoms with Crippen molar-refractivity contribution in [1.29, 1.82) is 0 Å². The third kappa shape index (κ3) is 2.23. The zero-order chi connectivity index (χ0) is 14.3. The summed E-state index contributed by atoms with van der Waals surface area (Å²) in [6.45, 7) is 7.01. The second-order valence-electron chi connectivity index (χ2n) is 5.04. The average molecular weight is 290 g/mol. The van der Waals surface area contributed by atoms with Crippen LogP contribution in [0.4, 0.5) is 0 Å². The van der Waals surface area contributed by atoms with Gasteiger partial charge in [0.05, 0.1) is 17.4 Å². The molecule has 7 heteroatoms. The van der Waals surface area contributed by atoms with E-state index >= 15 is 0 Å². The maximum absolute atomic E-state index is 4.60. The van der Waals surface area contributed by atoms with Crippen LogP contribution in [-0.4, -0.2) is 24.1 Å². The van der Waals surface area contributed by atoms with Crippen LogP contribution in [0.25, 0.3) is 4.96 Å². The van der Waals surface area contributed by atoms with E-state index in [0.717, 1.165) is 23.0 Å². The molecule has 20 heavy (non-hydrogen) atoms. The molecule has 6 nitrogen and oxygen atoms in total. The lowest BCUT2D eigenvalue weighted by molar-refractivity contribution is 0.521. The summed E-state index contributed by atoms with van der Waals surface area (Å²) in [4.78, 5) is 6.93. The van der Waals surface area contributed by atoms with Crippen LogP contribution < -0.4 is 5.32 Å². The van der Waals surface area contributed by atoms with E-state index in [0.29, 0.717) is 0 Å². The van der Waals surface area contributed by atoms with Crippen molar-refractivity contribution in [2.24, 2.45) is 7.05 Å². The van der Waals surface area contributed by atoms with Gasteiger partial charge in [-0.1, -0.05) is 0 Å². The fraction of sp³-hybridized carbons (Fsp3) is 0.462. The Morgan fingerprint density at radius 1 is 1.40 bits per heavy atom. The Bertz CT molecular complexity index is 737. The molecule has 1 unspecified atom stereocenters. The Labute approximate surface area is 121 Å². The molecule has 1 atom stereocenters. The van der Waals surface area contributed by atoms with Gasteiger partial charge in [0.2, 0.25) is 0 Å². The molecule has 0 radical (unpaired) electrons. The summed E-state index contributed by atoms with van der Waals surface area (Å²) in [5, 5.41) is 11.5. The predicted molar refractivity (Wildman–Crippen MR) is 78.8 cm³/mol. The molecule has 3 heterocycles. The molecule has 0 bridgehead atoms. The number of fused-ring (bicyclic) bond motifs is 1. The molecular weight excluding hydrogens is 272 g/mol. The second kappa shape index (κ2) is 4.99. The molecule has 0 amide bonds. The Hall–Kier alpha value is -1.73. The monoisotopic (exact) mass is 290 g/mol. The summed E-state index contributed by atoms with van der Waals surface area (Å²) < 4.78 is 4.11. The molecule has 3 aromatic heterocycles. The van der Waals surface area contributed by atoms with E-state index in [1.807, 2.05) is 11.6 Å². The van der Waals surface area contributed by atoms with Crippen molar-refractivity contribution in [3.63, 3.8) is 0 Å². The highest BCUT2D eigenvalue weighted by Crippen LogP contribution is 2.21. The number of rotatable bonds is 4. The number of aromatic nitrogens is 5. The molecule has 1 N–H and O–H groups in total. The molecule has 3 rings (SSSR count). The first-order valence-corrected chi connectivity index (χ1v) is 7.39. The van der Waals surface area contributed by atoms with Crippen LogP contribution in [0.2, 0.25) is 0 Å². The number of nitrogens with one attached hydrogen (secondary N) is 1. The number of imidazole rings is 1. The molecule has 0 fully saturated rings. The number of aryl methyl sites for hydroxylation is 3. The van der Waals surface area contributed by atoms with Gasteiger partial charge in [0.15, 0.2) is 4.96 Å². The predicted octanol–water partition coefficient (Wildman–Crippen LogP) is 1.99. The van der Waals surface area contributed by atoms with E-state index in [4.69, 9.17) is 0 Å². The van der Waals surface area contributed by atoms with Gasteiger partial charge < -0.3 is 9.88 Å². The molecule has 0 aromatic carbocycles. The lowest BCUT2D eigenvalue weighted by Gasteiger charge is -2.12. The van der Waals surface area contributed by atoms with Crippen molar-refractivity contribution in [2.75, 3.05) is 0 Å². The van der Waals surface area contributed by atoms with Crippen LogP contribution in [-0.2, 0) is 13.6 Å². The van der Waals surface area contributed by atoms with Crippen LogP contribution in [0, 0.1) is 13.8 Å². The van der Waals surface area contributed by atoms with Crippen molar-refractivity contribution >= 4 is 16.3 Å². The smallest absolute Gasteiger partial charge is 0.194 e.